The zero-order chi connectivity index (χ0) is 22.5. The number of H-pyrrole nitrogens is 1. The summed E-state index contributed by atoms with van der Waals surface area (Å²) < 4.78 is 6.11. The number of hydrogen-bond acceptors (Lipinski definition) is 4. The Morgan fingerprint density at radius 3 is 2.55 bits per heavy atom. The lowest BCUT2D eigenvalue weighted by Gasteiger charge is -2.32. The maximum atomic E-state index is 12.0. The van der Waals surface area contributed by atoms with E-state index in [2.05, 4.69) is 51.6 Å². The van der Waals surface area contributed by atoms with Crippen LogP contribution in [0.3, 0.4) is 0 Å². The number of likely N-dealkylation sites (tertiary alicyclic amines) is 1. The number of nitrogens with one attached hydrogen (secondary N) is 2. The number of aromatic nitrogens is 1. The van der Waals surface area contributed by atoms with Crippen LogP contribution in [-0.2, 0) is 6.54 Å². The summed E-state index contributed by atoms with van der Waals surface area (Å²) in [5, 5.41) is 4.47. The van der Waals surface area contributed by atoms with Gasteiger partial charge in [0.05, 0.1) is 5.52 Å². The molecule has 33 heavy (non-hydrogen) atoms. The molecule has 1 fully saturated rings. The summed E-state index contributed by atoms with van der Waals surface area (Å²) in [6.07, 6.45) is 2.41. The van der Waals surface area contributed by atoms with Gasteiger partial charge < -0.3 is 15.0 Å². The average Bonchev–Trinajstić information content (AvgIpc) is 2.84. The van der Waals surface area contributed by atoms with E-state index in [0.717, 1.165) is 42.8 Å². The lowest BCUT2D eigenvalue weighted by Crippen LogP contribution is -2.35. The van der Waals surface area contributed by atoms with E-state index in [0.29, 0.717) is 17.4 Å². The second-order valence-corrected chi connectivity index (χ2v) is 8.76. The van der Waals surface area contributed by atoms with Crippen LogP contribution in [0, 0.1) is 5.92 Å². The third-order valence-electron chi connectivity index (χ3n) is 6.33. The second-order valence-electron chi connectivity index (χ2n) is 8.76. The number of piperidine rings is 1. The summed E-state index contributed by atoms with van der Waals surface area (Å²) in [5.41, 5.74) is 3.02. The van der Waals surface area contributed by atoms with Gasteiger partial charge in [-0.1, -0.05) is 48.5 Å². The summed E-state index contributed by atoms with van der Waals surface area (Å²) in [6, 6.07) is 27.9. The van der Waals surface area contributed by atoms with E-state index in [9.17, 15) is 4.79 Å². The zero-order valence-electron chi connectivity index (χ0n) is 18.7. The quantitative estimate of drug-likeness (QED) is 0.391. The summed E-state index contributed by atoms with van der Waals surface area (Å²) in [5.74, 6) is 1.95. The van der Waals surface area contributed by atoms with Crippen molar-refractivity contribution < 1.29 is 4.74 Å². The maximum Gasteiger partial charge on any atom is 0.252 e. The minimum absolute atomic E-state index is 0.170. The van der Waals surface area contributed by atoms with Crippen LogP contribution >= 0.6 is 0 Å². The van der Waals surface area contributed by atoms with E-state index < -0.39 is 0 Å². The molecule has 5 rings (SSSR count). The molecule has 4 aromatic rings. The number of pyridine rings is 1. The summed E-state index contributed by atoms with van der Waals surface area (Å²) >= 11 is 0. The molecule has 1 aliphatic heterocycles. The molecule has 1 aromatic heterocycles. The molecule has 0 spiro atoms. The van der Waals surface area contributed by atoms with Gasteiger partial charge in [-0.15, -0.1) is 0 Å². The molecule has 3 aromatic carbocycles. The lowest BCUT2D eigenvalue weighted by molar-refractivity contribution is 0.182. The van der Waals surface area contributed by atoms with E-state index >= 15 is 0 Å². The van der Waals surface area contributed by atoms with Crippen LogP contribution in [0.1, 0.15) is 18.4 Å². The van der Waals surface area contributed by atoms with Gasteiger partial charge in [-0.05, 0) is 61.7 Å². The molecule has 1 saturated heterocycles. The van der Waals surface area contributed by atoms with Gasteiger partial charge in [-0.2, -0.15) is 0 Å². The minimum atomic E-state index is -0.170. The molecule has 0 bridgehead atoms. The predicted molar refractivity (Wildman–Crippen MR) is 134 cm³/mol. The van der Waals surface area contributed by atoms with Gasteiger partial charge in [0.2, 0.25) is 0 Å². The van der Waals surface area contributed by atoms with Gasteiger partial charge in [0.15, 0.2) is 0 Å². The Hall–Kier alpha value is -3.57. The topological polar surface area (TPSA) is 57.4 Å². The highest BCUT2D eigenvalue weighted by Crippen LogP contribution is 2.29. The molecule has 0 atom stereocenters. The van der Waals surface area contributed by atoms with Gasteiger partial charge in [0.1, 0.15) is 11.5 Å². The molecule has 1 aliphatic rings. The largest absolute Gasteiger partial charge is 0.456 e. The second kappa shape index (κ2) is 9.92. The smallest absolute Gasteiger partial charge is 0.252 e. The van der Waals surface area contributed by atoms with Crippen molar-refractivity contribution in [3.63, 3.8) is 0 Å². The van der Waals surface area contributed by atoms with Crippen LogP contribution in [-0.4, -0.2) is 29.5 Å². The lowest BCUT2D eigenvalue weighted by atomic mass is 9.96. The molecule has 2 N–H and O–H groups in total. The number of aromatic amines is 1. The highest BCUT2D eigenvalue weighted by atomic mass is 16.5. The fourth-order valence-electron chi connectivity index (χ4n) is 4.51. The van der Waals surface area contributed by atoms with Crippen LogP contribution < -0.4 is 15.6 Å². The van der Waals surface area contributed by atoms with Gasteiger partial charge in [0, 0.05) is 36.3 Å². The van der Waals surface area contributed by atoms with E-state index in [1.165, 1.54) is 24.5 Å². The molecule has 2 heterocycles. The molecule has 0 aliphatic carbocycles. The monoisotopic (exact) mass is 439 g/mol. The number of rotatable bonds is 7. The fraction of sp³-hybridized carbons (Fsp3) is 0.250. The average molecular weight is 440 g/mol. The van der Waals surface area contributed by atoms with Crippen LogP contribution in [0.15, 0.2) is 89.7 Å². The van der Waals surface area contributed by atoms with E-state index in [-0.39, 0.29) is 5.56 Å². The van der Waals surface area contributed by atoms with Crippen molar-refractivity contribution >= 4 is 16.6 Å². The van der Waals surface area contributed by atoms with Crippen molar-refractivity contribution in [3.05, 3.63) is 101 Å². The molecule has 0 radical (unpaired) electrons. The van der Waals surface area contributed by atoms with Crippen molar-refractivity contribution in [1.29, 1.82) is 0 Å². The summed E-state index contributed by atoms with van der Waals surface area (Å²) in [7, 11) is 0. The standard InChI is InChI=1S/C28H29N3O2/c32-28-18-27(25-11-4-5-12-26(25)30-28)33-24-10-6-9-23(17-24)29-19-21-13-15-31(16-14-21)20-22-7-2-1-3-8-22/h1-12,17-18,21,29H,13-16,19-20H2,(H,30,32). The first-order valence-corrected chi connectivity index (χ1v) is 11.6. The van der Waals surface area contributed by atoms with Crippen molar-refractivity contribution in [2.75, 3.05) is 25.0 Å². The molecule has 168 valence electrons. The first kappa shape index (κ1) is 21.3. The van der Waals surface area contributed by atoms with Crippen LogP contribution in [0.2, 0.25) is 0 Å². The minimum Gasteiger partial charge on any atom is -0.456 e. The van der Waals surface area contributed by atoms with E-state index in [1.807, 2.05) is 42.5 Å². The Labute approximate surface area is 194 Å². The summed E-state index contributed by atoms with van der Waals surface area (Å²) in [4.78, 5) is 17.4. The molecule has 5 nitrogen and oxygen atoms in total. The number of ether oxygens (including phenoxy) is 1. The molecular weight excluding hydrogens is 410 g/mol. The maximum absolute atomic E-state index is 12.0. The predicted octanol–water partition coefficient (Wildman–Crippen LogP) is 5.64. The highest BCUT2D eigenvalue weighted by molar-refractivity contribution is 5.84. The summed E-state index contributed by atoms with van der Waals surface area (Å²) in [6.45, 7) is 4.27. The number of benzene rings is 3. The number of anilines is 1. The van der Waals surface area contributed by atoms with Crippen LogP contribution in [0.25, 0.3) is 10.9 Å². The molecule has 0 saturated carbocycles. The third-order valence-corrected chi connectivity index (χ3v) is 6.33. The van der Waals surface area contributed by atoms with Gasteiger partial charge >= 0.3 is 0 Å². The molecule has 0 unspecified atom stereocenters. The number of para-hydroxylation sites is 1. The number of hydrogen-bond donors (Lipinski definition) is 2. The van der Waals surface area contributed by atoms with Gasteiger partial charge in [0.25, 0.3) is 5.56 Å². The Kier molecular flexibility index (Phi) is 6.40. The van der Waals surface area contributed by atoms with E-state index in [1.54, 1.807) is 0 Å². The zero-order valence-corrected chi connectivity index (χ0v) is 18.7. The Morgan fingerprint density at radius 2 is 1.70 bits per heavy atom. The molecule has 0 amide bonds. The van der Waals surface area contributed by atoms with Crippen molar-refractivity contribution in [2.24, 2.45) is 5.92 Å². The Bertz CT molecular complexity index is 1260. The van der Waals surface area contributed by atoms with Crippen LogP contribution in [0.5, 0.6) is 11.5 Å². The van der Waals surface area contributed by atoms with Gasteiger partial charge in [-0.25, -0.2) is 0 Å². The van der Waals surface area contributed by atoms with Gasteiger partial charge in [-0.3, -0.25) is 9.69 Å². The first-order chi connectivity index (χ1) is 16.2. The highest BCUT2D eigenvalue weighted by Gasteiger charge is 2.19. The first-order valence-electron chi connectivity index (χ1n) is 11.6. The third kappa shape index (κ3) is 5.44. The van der Waals surface area contributed by atoms with E-state index in [4.69, 9.17) is 4.74 Å². The molecular formula is C28H29N3O2. The Balaban J connectivity index is 1.17. The number of nitrogens with zero attached hydrogens (tertiary/aromatic N) is 1. The Morgan fingerprint density at radius 1 is 0.909 bits per heavy atom. The van der Waals surface area contributed by atoms with Crippen molar-refractivity contribution in [1.82, 2.24) is 9.88 Å². The normalized spacial score (nSPS) is 14.9. The van der Waals surface area contributed by atoms with Crippen molar-refractivity contribution in [3.8, 4) is 11.5 Å². The molecule has 5 heteroatoms. The number of fused-ring (bicyclic) bond motifs is 1. The SMILES string of the molecule is O=c1cc(Oc2cccc(NCC3CCN(Cc4ccccc4)CC3)c2)c2ccccc2[nH]1. The van der Waals surface area contributed by atoms with Crippen LogP contribution in [0.4, 0.5) is 5.69 Å². The fourth-order valence-corrected chi connectivity index (χ4v) is 4.51. The van der Waals surface area contributed by atoms with Crippen molar-refractivity contribution in [2.45, 2.75) is 19.4 Å².